The molecule has 1 heterocycles. The van der Waals surface area contributed by atoms with Crippen LogP contribution in [0.25, 0.3) is 0 Å². The summed E-state index contributed by atoms with van der Waals surface area (Å²) in [4.78, 5) is 0. The van der Waals surface area contributed by atoms with Crippen LogP contribution >= 0.6 is 0 Å². The molecule has 1 aromatic rings. The molecule has 1 aliphatic heterocycles. The molecule has 1 aromatic carbocycles. The van der Waals surface area contributed by atoms with Gasteiger partial charge in [-0.2, -0.15) is 0 Å². The normalized spacial score (nSPS) is 24.7. The third kappa shape index (κ3) is 3.55. The lowest BCUT2D eigenvalue weighted by Crippen LogP contribution is -2.36. The van der Waals surface area contributed by atoms with E-state index in [0.29, 0.717) is 26.1 Å². The Morgan fingerprint density at radius 2 is 2.00 bits per heavy atom. The fourth-order valence-electron chi connectivity index (χ4n) is 2.40. The topological polar surface area (TPSA) is 63.4 Å². The molecule has 106 valence electrons. The Morgan fingerprint density at radius 1 is 1.32 bits per heavy atom. The molecule has 19 heavy (non-hydrogen) atoms. The Balaban J connectivity index is 1.96. The van der Waals surface area contributed by atoms with E-state index in [1.165, 1.54) is 0 Å². The van der Waals surface area contributed by atoms with Crippen LogP contribution in [0, 0.1) is 5.41 Å². The van der Waals surface area contributed by atoms with Crippen LogP contribution in [0.3, 0.4) is 0 Å². The number of rotatable bonds is 5. The molecule has 0 saturated carbocycles. The highest BCUT2D eigenvalue weighted by Crippen LogP contribution is 2.30. The van der Waals surface area contributed by atoms with Crippen LogP contribution in [0.2, 0.25) is 0 Å². The van der Waals surface area contributed by atoms with Gasteiger partial charge in [-0.05, 0) is 30.4 Å². The summed E-state index contributed by atoms with van der Waals surface area (Å²) in [5.74, 6) is 0.178. The first-order chi connectivity index (χ1) is 8.95. The maximum Gasteiger partial charge on any atom is 0.214 e. The van der Waals surface area contributed by atoms with Crippen molar-refractivity contribution in [3.05, 3.63) is 35.9 Å². The Bertz CT molecular complexity index is 516. The third-order valence-corrected chi connectivity index (χ3v) is 5.72. The van der Waals surface area contributed by atoms with Crippen LogP contribution in [0.15, 0.2) is 30.3 Å². The van der Waals surface area contributed by atoms with Crippen molar-refractivity contribution in [1.82, 2.24) is 4.31 Å². The van der Waals surface area contributed by atoms with Crippen LogP contribution in [-0.4, -0.2) is 38.1 Å². The van der Waals surface area contributed by atoms with Crippen molar-refractivity contribution in [3.63, 3.8) is 0 Å². The lowest BCUT2D eigenvalue weighted by molar-refractivity contribution is 0.349. The number of aryl methyl sites for hydroxylation is 1. The average Bonchev–Trinajstić information content (AvgIpc) is 2.82. The molecule has 1 aliphatic rings. The number of hydrogen-bond acceptors (Lipinski definition) is 3. The minimum Gasteiger partial charge on any atom is -0.330 e. The first-order valence-corrected chi connectivity index (χ1v) is 8.28. The van der Waals surface area contributed by atoms with E-state index in [1.54, 1.807) is 4.31 Å². The van der Waals surface area contributed by atoms with Crippen LogP contribution in [0.1, 0.15) is 18.9 Å². The van der Waals surface area contributed by atoms with Gasteiger partial charge in [-0.3, -0.25) is 0 Å². The van der Waals surface area contributed by atoms with Gasteiger partial charge in [0.2, 0.25) is 10.0 Å². The van der Waals surface area contributed by atoms with Gasteiger partial charge in [0.15, 0.2) is 0 Å². The first-order valence-electron chi connectivity index (χ1n) is 6.67. The van der Waals surface area contributed by atoms with Gasteiger partial charge >= 0.3 is 0 Å². The Kier molecular flexibility index (Phi) is 4.28. The summed E-state index contributed by atoms with van der Waals surface area (Å²) in [6.07, 6.45) is 1.42. The van der Waals surface area contributed by atoms with E-state index in [1.807, 2.05) is 30.3 Å². The number of sulfonamides is 1. The van der Waals surface area contributed by atoms with E-state index in [4.69, 9.17) is 5.73 Å². The highest BCUT2D eigenvalue weighted by Gasteiger charge is 2.37. The molecule has 2 N–H and O–H groups in total. The van der Waals surface area contributed by atoms with Gasteiger partial charge in [-0.25, -0.2) is 12.7 Å². The number of nitrogens with zero attached hydrogens (tertiary/aromatic N) is 1. The zero-order valence-corrected chi connectivity index (χ0v) is 12.2. The molecule has 4 nitrogen and oxygen atoms in total. The lowest BCUT2D eigenvalue weighted by atomic mass is 9.90. The largest absolute Gasteiger partial charge is 0.330 e. The van der Waals surface area contributed by atoms with E-state index in [-0.39, 0.29) is 11.2 Å². The maximum absolute atomic E-state index is 12.3. The molecule has 0 bridgehead atoms. The molecule has 2 rings (SSSR count). The molecule has 0 radical (unpaired) electrons. The van der Waals surface area contributed by atoms with Crippen molar-refractivity contribution in [2.45, 2.75) is 19.8 Å². The summed E-state index contributed by atoms with van der Waals surface area (Å²) in [5.41, 5.74) is 6.72. The lowest BCUT2D eigenvalue weighted by Gasteiger charge is -2.22. The van der Waals surface area contributed by atoms with Crippen LogP contribution < -0.4 is 5.73 Å². The number of benzene rings is 1. The molecule has 1 fully saturated rings. The highest BCUT2D eigenvalue weighted by atomic mass is 32.2. The van der Waals surface area contributed by atoms with Crippen molar-refractivity contribution in [2.24, 2.45) is 11.1 Å². The fourth-order valence-corrected chi connectivity index (χ4v) is 4.03. The second-order valence-corrected chi connectivity index (χ2v) is 7.74. The van der Waals surface area contributed by atoms with E-state index in [0.717, 1.165) is 12.0 Å². The van der Waals surface area contributed by atoms with Gasteiger partial charge in [0.25, 0.3) is 0 Å². The average molecular weight is 282 g/mol. The standard InChI is InChI=1S/C14H22N2O2S/c1-14(11-15)8-9-16(12-14)19(17,18)10-7-13-5-3-2-4-6-13/h2-6H,7-12,15H2,1H3. The van der Waals surface area contributed by atoms with Gasteiger partial charge in [0.05, 0.1) is 5.75 Å². The van der Waals surface area contributed by atoms with E-state index in [2.05, 4.69) is 6.92 Å². The third-order valence-electron chi connectivity index (χ3n) is 3.90. The molecule has 5 heteroatoms. The second-order valence-electron chi connectivity index (χ2n) is 5.65. The minimum atomic E-state index is -3.16. The number of hydrogen-bond donors (Lipinski definition) is 1. The molecule has 0 aromatic heterocycles. The summed E-state index contributed by atoms with van der Waals surface area (Å²) in [6.45, 7) is 3.75. The molecule has 0 aliphatic carbocycles. The summed E-state index contributed by atoms with van der Waals surface area (Å²) in [6, 6.07) is 9.73. The van der Waals surface area contributed by atoms with Crippen LogP contribution in [0.5, 0.6) is 0 Å². The predicted octanol–water partition coefficient (Wildman–Crippen LogP) is 1.23. The van der Waals surface area contributed by atoms with Gasteiger partial charge in [0, 0.05) is 13.1 Å². The monoisotopic (exact) mass is 282 g/mol. The summed E-state index contributed by atoms with van der Waals surface area (Å²) < 4.78 is 26.2. The Labute approximate surface area is 115 Å². The van der Waals surface area contributed by atoms with Crippen molar-refractivity contribution in [2.75, 3.05) is 25.4 Å². The molecular formula is C14H22N2O2S. The molecular weight excluding hydrogens is 260 g/mol. The van der Waals surface area contributed by atoms with Gasteiger partial charge < -0.3 is 5.73 Å². The summed E-state index contributed by atoms with van der Waals surface area (Å²) >= 11 is 0. The van der Waals surface area contributed by atoms with Gasteiger partial charge in [0.1, 0.15) is 0 Å². The van der Waals surface area contributed by atoms with Gasteiger partial charge in [-0.15, -0.1) is 0 Å². The first kappa shape index (κ1) is 14.5. The zero-order valence-electron chi connectivity index (χ0n) is 11.4. The molecule has 1 unspecified atom stereocenters. The van der Waals surface area contributed by atoms with Gasteiger partial charge in [-0.1, -0.05) is 37.3 Å². The van der Waals surface area contributed by atoms with Crippen LogP contribution in [-0.2, 0) is 16.4 Å². The van der Waals surface area contributed by atoms with Crippen LogP contribution in [0.4, 0.5) is 0 Å². The van der Waals surface area contributed by atoms with Crippen molar-refractivity contribution in [1.29, 1.82) is 0 Å². The Hall–Kier alpha value is -0.910. The predicted molar refractivity (Wildman–Crippen MR) is 77.3 cm³/mol. The molecule has 1 saturated heterocycles. The van der Waals surface area contributed by atoms with Crippen molar-refractivity contribution >= 4 is 10.0 Å². The molecule has 0 amide bonds. The summed E-state index contributed by atoms with van der Waals surface area (Å²) in [5, 5.41) is 0. The highest BCUT2D eigenvalue weighted by molar-refractivity contribution is 7.89. The zero-order chi connectivity index (χ0) is 13.9. The van der Waals surface area contributed by atoms with E-state index < -0.39 is 10.0 Å². The van der Waals surface area contributed by atoms with Crippen molar-refractivity contribution in [3.8, 4) is 0 Å². The maximum atomic E-state index is 12.3. The smallest absolute Gasteiger partial charge is 0.214 e. The SMILES string of the molecule is CC1(CN)CCN(S(=O)(=O)CCc2ccccc2)C1. The quantitative estimate of drug-likeness (QED) is 0.883. The molecule has 1 atom stereocenters. The molecule has 0 spiro atoms. The number of nitrogens with two attached hydrogens (primary N) is 1. The Morgan fingerprint density at radius 3 is 2.58 bits per heavy atom. The van der Waals surface area contributed by atoms with E-state index >= 15 is 0 Å². The summed E-state index contributed by atoms with van der Waals surface area (Å²) in [7, 11) is -3.16. The fraction of sp³-hybridized carbons (Fsp3) is 0.571. The second kappa shape index (κ2) is 5.61. The minimum absolute atomic E-state index is 0.0557. The van der Waals surface area contributed by atoms with E-state index in [9.17, 15) is 8.42 Å². The van der Waals surface area contributed by atoms with Crippen molar-refractivity contribution < 1.29 is 8.42 Å².